The largest absolute Gasteiger partial charge is 0.428 e. The first kappa shape index (κ1) is 21.9. The van der Waals surface area contributed by atoms with Crippen LogP contribution in [0.4, 0.5) is 0 Å². The molecule has 0 heterocycles. The summed E-state index contributed by atoms with van der Waals surface area (Å²) in [6.45, 7) is 1.82. The number of hydrogen-bond acceptors (Lipinski definition) is 8. The molecule has 8 heteroatoms. The van der Waals surface area contributed by atoms with Crippen LogP contribution in [0.1, 0.15) is 65.2 Å². The van der Waals surface area contributed by atoms with E-state index in [-0.39, 0.29) is 25.5 Å². The average Bonchev–Trinajstić information content (AvgIpc) is 2.49. The van der Waals surface area contributed by atoms with E-state index in [9.17, 15) is 19.2 Å². The van der Waals surface area contributed by atoms with Crippen molar-refractivity contribution in [3.05, 3.63) is 0 Å². The van der Waals surface area contributed by atoms with Crippen molar-refractivity contribution in [2.75, 3.05) is 13.6 Å². The van der Waals surface area contributed by atoms with Crippen LogP contribution in [0.25, 0.3) is 0 Å². The third kappa shape index (κ3) is 16.3. The van der Waals surface area contributed by atoms with Crippen molar-refractivity contribution in [3.63, 3.8) is 0 Å². The highest BCUT2D eigenvalue weighted by Gasteiger charge is 2.05. The Kier molecular flexibility index (Phi) is 13.2. The van der Waals surface area contributed by atoms with Gasteiger partial charge in [-0.2, -0.15) is 0 Å². The van der Waals surface area contributed by atoms with E-state index in [0.717, 1.165) is 25.7 Å². The van der Waals surface area contributed by atoms with Gasteiger partial charge in [-0.05, 0) is 12.8 Å². The standard InChI is InChI=1S/C16H26O8/c1-13(17)21-11-23-15(19)9-7-5-3-4-6-8-10-16(20)24-12-22-14(2)18/h3-12H2,1-2H3. The van der Waals surface area contributed by atoms with Crippen LogP contribution >= 0.6 is 0 Å². The lowest BCUT2D eigenvalue weighted by Gasteiger charge is -2.05. The molecule has 0 amide bonds. The number of rotatable bonds is 13. The molecule has 0 aromatic rings. The molecule has 24 heavy (non-hydrogen) atoms. The second-order valence-electron chi connectivity index (χ2n) is 5.16. The molecular weight excluding hydrogens is 320 g/mol. The zero-order chi connectivity index (χ0) is 18.2. The minimum Gasteiger partial charge on any atom is -0.428 e. The lowest BCUT2D eigenvalue weighted by atomic mass is 10.1. The normalized spacial score (nSPS) is 9.92. The number of unbranched alkanes of at least 4 members (excludes halogenated alkanes) is 5. The van der Waals surface area contributed by atoms with Crippen LogP contribution in [0.5, 0.6) is 0 Å². The molecule has 0 aromatic carbocycles. The molecule has 0 radical (unpaired) electrons. The molecule has 138 valence electrons. The van der Waals surface area contributed by atoms with Gasteiger partial charge in [0, 0.05) is 26.7 Å². The maximum absolute atomic E-state index is 11.3. The molecule has 0 unspecified atom stereocenters. The monoisotopic (exact) mass is 346 g/mol. The Morgan fingerprint density at radius 2 is 0.875 bits per heavy atom. The van der Waals surface area contributed by atoms with E-state index in [1.54, 1.807) is 0 Å². The molecule has 8 nitrogen and oxygen atoms in total. The van der Waals surface area contributed by atoms with E-state index in [0.29, 0.717) is 25.7 Å². The summed E-state index contributed by atoms with van der Waals surface area (Å²) in [7, 11) is 0. The van der Waals surface area contributed by atoms with E-state index in [1.165, 1.54) is 13.8 Å². The number of ether oxygens (including phenoxy) is 4. The summed E-state index contributed by atoms with van der Waals surface area (Å²) in [5, 5.41) is 0. The highest BCUT2D eigenvalue weighted by atomic mass is 16.7. The molecular formula is C16H26O8. The number of esters is 4. The summed E-state index contributed by atoms with van der Waals surface area (Å²) in [6, 6.07) is 0. The van der Waals surface area contributed by atoms with Gasteiger partial charge in [-0.3, -0.25) is 19.2 Å². The number of carbonyl (C=O) groups excluding carboxylic acids is 4. The van der Waals surface area contributed by atoms with Crippen LogP contribution in [-0.2, 0) is 38.1 Å². The minimum atomic E-state index is -0.488. The molecule has 0 saturated carbocycles. The Hall–Kier alpha value is -2.12. The first-order valence-corrected chi connectivity index (χ1v) is 7.99. The van der Waals surface area contributed by atoms with Gasteiger partial charge in [-0.25, -0.2) is 0 Å². The van der Waals surface area contributed by atoms with E-state index in [1.807, 2.05) is 0 Å². The van der Waals surface area contributed by atoms with Crippen molar-refractivity contribution >= 4 is 23.9 Å². The van der Waals surface area contributed by atoms with Gasteiger partial charge in [-0.15, -0.1) is 0 Å². The van der Waals surface area contributed by atoms with Gasteiger partial charge in [0.1, 0.15) is 0 Å². The van der Waals surface area contributed by atoms with Crippen molar-refractivity contribution in [2.24, 2.45) is 0 Å². The van der Waals surface area contributed by atoms with Crippen molar-refractivity contribution in [1.82, 2.24) is 0 Å². The molecule has 0 saturated heterocycles. The van der Waals surface area contributed by atoms with Crippen LogP contribution in [0, 0.1) is 0 Å². The van der Waals surface area contributed by atoms with Gasteiger partial charge in [-0.1, -0.05) is 25.7 Å². The topological polar surface area (TPSA) is 105 Å². The summed E-state index contributed by atoms with van der Waals surface area (Å²) in [5.74, 6) is -1.74. The Labute approximate surface area is 141 Å². The molecule has 0 aliphatic rings. The lowest BCUT2D eigenvalue weighted by Crippen LogP contribution is -2.10. The first-order chi connectivity index (χ1) is 11.4. The van der Waals surface area contributed by atoms with E-state index >= 15 is 0 Å². The molecule has 0 N–H and O–H groups in total. The molecule has 0 fully saturated rings. The Balaban J connectivity index is 3.32. The summed E-state index contributed by atoms with van der Waals surface area (Å²) < 4.78 is 18.4. The molecule has 0 spiro atoms. The fourth-order valence-electron chi connectivity index (χ4n) is 1.75. The van der Waals surface area contributed by atoms with Crippen LogP contribution < -0.4 is 0 Å². The van der Waals surface area contributed by atoms with Gasteiger partial charge in [0.15, 0.2) is 0 Å². The number of hydrogen-bond donors (Lipinski definition) is 0. The van der Waals surface area contributed by atoms with Gasteiger partial charge in [0.2, 0.25) is 13.6 Å². The van der Waals surface area contributed by atoms with E-state index < -0.39 is 11.9 Å². The Bertz CT molecular complexity index is 367. The van der Waals surface area contributed by atoms with E-state index in [4.69, 9.17) is 9.47 Å². The molecule has 0 aliphatic carbocycles. The van der Waals surface area contributed by atoms with Crippen molar-refractivity contribution in [3.8, 4) is 0 Å². The zero-order valence-electron chi connectivity index (χ0n) is 14.3. The fourth-order valence-corrected chi connectivity index (χ4v) is 1.75. The second kappa shape index (κ2) is 14.5. The Morgan fingerprint density at radius 3 is 1.21 bits per heavy atom. The van der Waals surface area contributed by atoms with Crippen molar-refractivity contribution in [2.45, 2.75) is 65.2 Å². The van der Waals surface area contributed by atoms with Crippen LogP contribution in [0.15, 0.2) is 0 Å². The smallest absolute Gasteiger partial charge is 0.308 e. The quantitative estimate of drug-likeness (QED) is 0.284. The predicted molar refractivity (Wildman–Crippen MR) is 82.4 cm³/mol. The summed E-state index contributed by atoms with van der Waals surface area (Å²) in [5.41, 5.74) is 0. The van der Waals surface area contributed by atoms with Gasteiger partial charge < -0.3 is 18.9 Å². The Morgan fingerprint density at radius 1 is 0.542 bits per heavy atom. The van der Waals surface area contributed by atoms with Crippen LogP contribution in [-0.4, -0.2) is 37.5 Å². The van der Waals surface area contributed by atoms with Gasteiger partial charge in [0.25, 0.3) is 0 Å². The SMILES string of the molecule is CC(=O)OCOC(=O)CCCCCCCCC(=O)OCOC(C)=O. The highest BCUT2D eigenvalue weighted by Crippen LogP contribution is 2.09. The fraction of sp³-hybridized carbons (Fsp3) is 0.750. The third-order valence-electron chi connectivity index (χ3n) is 2.98. The molecule has 0 rings (SSSR count). The summed E-state index contributed by atoms with van der Waals surface area (Å²) >= 11 is 0. The second-order valence-corrected chi connectivity index (χ2v) is 5.16. The maximum atomic E-state index is 11.3. The average molecular weight is 346 g/mol. The highest BCUT2D eigenvalue weighted by molar-refractivity contribution is 5.70. The van der Waals surface area contributed by atoms with Crippen LogP contribution in [0.3, 0.4) is 0 Å². The van der Waals surface area contributed by atoms with Gasteiger partial charge >= 0.3 is 23.9 Å². The molecule has 0 aliphatic heterocycles. The third-order valence-corrected chi connectivity index (χ3v) is 2.98. The summed E-state index contributed by atoms with van der Waals surface area (Å²) in [6.07, 6.45) is 5.71. The molecule has 0 aromatic heterocycles. The van der Waals surface area contributed by atoms with E-state index in [2.05, 4.69) is 9.47 Å². The van der Waals surface area contributed by atoms with Crippen molar-refractivity contribution < 1.29 is 38.1 Å². The summed E-state index contributed by atoms with van der Waals surface area (Å²) in [4.78, 5) is 43.5. The van der Waals surface area contributed by atoms with Crippen molar-refractivity contribution in [1.29, 1.82) is 0 Å². The van der Waals surface area contributed by atoms with Gasteiger partial charge in [0.05, 0.1) is 0 Å². The number of carbonyl (C=O) groups is 4. The maximum Gasteiger partial charge on any atom is 0.308 e. The predicted octanol–water partition coefficient (Wildman–Crippen LogP) is 2.23. The molecule has 0 bridgehead atoms. The minimum absolute atomic E-state index is 0.295. The van der Waals surface area contributed by atoms with Crippen LogP contribution in [0.2, 0.25) is 0 Å². The molecule has 0 atom stereocenters. The lowest BCUT2D eigenvalue weighted by molar-refractivity contribution is -0.167. The zero-order valence-corrected chi connectivity index (χ0v) is 14.3. The first-order valence-electron chi connectivity index (χ1n) is 7.99.